The molecule has 1 aliphatic rings. The van der Waals surface area contributed by atoms with Gasteiger partial charge in [-0.1, -0.05) is 63.3 Å². The van der Waals surface area contributed by atoms with Gasteiger partial charge in [-0.15, -0.1) is 0 Å². The number of nitrogens with one attached hydrogen (secondary N) is 1. The van der Waals surface area contributed by atoms with E-state index >= 15 is 0 Å². The maximum absolute atomic E-state index is 9.39. The number of aliphatic hydroxyl groups is 1. The standard InChI is InChI=1S/C19H31NO/c1-2-3-4-5-6-7-8-16-9-11-17(12-10-16)18-13-14-20-19(18)15-21/h9-12,18-21H,2-8,13-15H2,1H3/t18-,19?/m1/s1. The quantitative estimate of drug-likeness (QED) is 0.673. The highest BCUT2D eigenvalue weighted by atomic mass is 16.3. The Balaban J connectivity index is 1.74. The average Bonchev–Trinajstić information content (AvgIpc) is 3.00. The van der Waals surface area contributed by atoms with Crippen molar-refractivity contribution < 1.29 is 5.11 Å². The average molecular weight is 289 g/mol. The third kappa shape index (κ3) is 5.12. The predicted molar refractivity (Wildman–Crippen MR) is 89.8 cm³/mol. The largest absolute Gasteiger partial charge is 0.395 e. The normalized spacial score (nSPS) is 21.8. The van der Waals surface area contributed by atoms with Gasteiger partial charge in [0.1, 0.15) is 0 Å². The Bertz CT molecular complexity index is 387. The number of hydrogen-bond acceptors (Lipinski definition) is 2. The van der Waals surface area contributed by atoms with Gasteiger partial charge in [0, 0.05) is 12.0 Å². The van der Waals surface area contributed by atoms with Gasteiger partial charge in [0.25, 0.3) is 0 Å². The van der Waals surface area contributed by atoms with E-state index in [9.17, 15) is 5.11 Å². The molecule has 1 aromatic rings. The summed E-state index contributed by atoms with van der Waals surface area (Å²) in [5.74, 6) is 0.484. The van der Waals surface area contributed by atoms with Crippen molar-refractivity contribution >= 4 is 0 Å². The molecular formula is C19H31NO. The molecule has 118 valence electrons. The van der Waals surface area contributed by atoms with Gasteiger partial charge in [-0.2, -0.15) is 0 Å². The van der Waals surface area contributed by atoms with Crippen LogP contribution in [0.1, 0.15) is 68.9 Å². The first-order chi connectivity index (χ1) is 10.3. The third-order valence-electron chi connectivity index (χ3n) is 4.77. The fourth-order valence-electron chi connectivity index (χ4n) is 3.40. The van der Waals surface area contributed by atoms with Crippen molar-refractivity contribution in [2.75, 3.05) is 13.2 Å². The van der Waals surface area contributed by atoms with Crippen LogP contribution in [-0.4, -0.2) is 24.3 Å². The Labute approximate surface area is 130 Å². The zero-order chi connectivity index (χ0) is 14.9. The van der Waals surface area contributed by atoms with E-state index in [0.717, 1.165) is 13.0 Å². The molecule has 2 nitrogen and oxygen atoms in total. The minimum absolute atomic E-state index is 0.240. The van der Waals surface area contributed by atoms with E-state index in [0.29, 0.717) is 5.92 Å². The maximum Gasteiger partial charge on any atom is 0.0590 e. The van der Waals surface area contributed by atoms with E-state index in [-0.39, 0.29) is 12.6 Å². The van der Waals surface area contributed by atoms with Crippen LogP contribution in [0.3, 0.4) is 0 Å². The summed E-state index contributed by atoms with van der Waals surface area (Å²) in [7, 11) is 0. The van der Waals surface area contributed by atoms with E-state index in [4.69, 9.17) is 0 Å². The fraction of sp³-hybridized carbons (Fsp3) is 0.684. The molecule has 1 aromatic carbocycles. The lowest BCUT2D eigenvalue weighted by Crippen LogP contribution is -2.29. The Hall–Kier alpha value is -0.860. The molecule has 2 atom stereocenters. The van der Waals surface area contributed by atoms with Gasteiger partial charge < -0.3 is 10.4 Å². The highest BCUT2D eigenvalue weighted by Gasteiger charge is 2.27. The van der Waals surface area contributed by atoms with Crippen LogP contribution >= 0.6 is 0 Å². The SMILES string of the molecule is CCCCCCCCc1ccc([C@H]2CCNC2CO)cc1. The van der Waals surface area contributed by atoms with E-state index in [1.165, 1.54) is 56.1 Å². The van der Waals surface area contributed by atoms with E-state index in [2.05, 4.69) is 36.5 Å². The molecule has 2 heteroatoms. The van der Waals surface area contributed by atoms with Gasteiger partial charge in [0.15, 0.2) is 0 Å². The molecular weight excluding hydrogens is 258 g/mol. The summed E-state index contributed by atoms with van der Waals surface area (Å²) in [4.78, 5) is 0. The van der Waals surface area contributed by atoms with Crippen LogP contribution < -0.4 is 5.32 Å². The van der Waals surface area contributed by atoms with E-state index in [1.807, 2.05) is 0 Å². The second kappa shape index (κ2) is 9.22. The zero-order valence-corrected chi connectivity index (χ0v) is 13.5. The van der Waals surface area contributed by atoms with Gasteiger partial charge >= 0.3 is 0 Å². The monoisotopic (exact) mass is 289 g/mol. The summed E-state index contributed by atoms with van der Waals surface area (Å²) in [6, 6.07) is 9.36. The van der Waals surface area contributed by atoms with Crippen LogP contribution in [0.4, 0.5) is 0 Å². The molecule has 1 saturated heterocycles. The smallest absolute Gasteiger partial charge is 0.0590 e. The van der Waals surface area contributed by atoms with Gasteiger partial charge in [0.05, 0.1) is 6.61 Å². The highest BCUT2D eigenvalue weighted by molar-refractivity contribution is 5.27. The number of aryl methyl sites for hydroxylation is 1. The summed E-state index contributed by atoms with van der Waals surface area (Å²) in [5.41, 5.74) is 2.84. The lowest BCUT2D eigenvalue weighted by atomic mass is 9.91. The van der Waals surface area contributed by atoms with E-state index in [1.54, 1.807) is 0 Å². The Morgan fingerprint density at radius 1 is 1.05 bits per heavy atom. The van der Waals surface area contributed by atoms with Crippen LogP contribution in [0.15, 0.2) is 24.3 Å². The van der Waals surface area contributed by atoms with Crippen molar-refractivity contribution in [3.63, 3.8) is 0 Å². The first-order valence-corrected chi connectivity index (χ1v) is 8.78. The molecule has 1 heterocycles. The van der Waals surface area contributed by atoms with Crippen molar-refractivity contribution in [1.82, 2.24) is 5.32 Å². The highest BCUT2D eigenvalue weighted by Crippen LogP contribution is 2.27. The molecule has 1 unspecified atom stereocenters. The van der Waals surface area contributed by atoms with Crippen molar-refractivity contribution in [2.45, 2.75) is 70.3 Å². The minimum atomic E-state index is 0.240. The molecule has 2 rings (SSSR count). The number of rotatable bonds is 9. The lowest BCUT2D eigenvalue weighted by Gasteiger charge is -2.17. The molecule has 0 aliphatic carbocycles. The van der Waals surface area contributed by atoms with Crippen molar-refractivity contribution in [2.24, 2.45) is 0 Å². The van der Waals surface area contributed by atoms with Crippen LogP contribution in [0.2, 0.25) is 0 Å². The summed E-state index contributed by atoms with van der Waals surface area (Å²) in [6.45, 7) is 3.53. The number of aliphatic hydroxyl groups excluding tert-OH is 1. The van der Waals surface area contributed by atoms with Gasteiger partial charge in [-0.3, -0.25) is 0 Å². The molecule has 2 N–H and O–H groups in total. The molecule has 0 spiro atoms. The molecule has 1 aliphatic heterocycles. The molecule has 1 fully saturated rings. The Kier molecular flexibility index (Phi) is 7.25. The lowest BCUT2D eigenvalue weighted by molar-refractivity contribution is 0.245. The molecule has 21 heavy (non-hydrogen) atoms. The van der Waals surface area contributed by atoms with Crippen LogP contribution in [0, 0.1) is 0 Å². The van der Waals surface area contributed by atoms with Crippen molar-refractivity contribution in [3.05, 3.63) is 35.4 Å². The van der Waals surface area contributed by atoms with Gasteiger partial charge in [0.2, 0.25) is 0 Å². The third-order valence-corrected chi connectivity index (χ3v) is 4.77. The summed E-state index contributed by atoms with van der Waals surface area (Å²) >= 11 is 0. The topological polar surface area (TPSA) is 32.3 Å². The van der Waals surface area contributed by atoms with Crippen LogP contribution in [-0.2, 0) is 6.42 Å². The maximum atomic E-state index is 9.39. The van der Waals surface area contributed by atoms with Crippen molar-refractivity contribution in [3.8, 4) is 0 Å². The second-order valence-corrected chi connectivity index (χ2v) is 6.40. The van der Waals surface area contributed by atoms with Crippen LogP contribution in [0.5, 0.6) is 0 Å². The number of hydrogen-bond donors (Lipinski definition) is 2. The molecule has 0 bridgehead atoms. The summed E-state index contributed by atoms with van der Waals surface area (Å²) in [6.07, 6.45) is 10.5. The molecule has 0 aromatic heterocycles. The summed E-state index contributed by atoms with van der Waals surface area (Å²) < 4.78 is 0. The molecule has 0 radical (unpaired) electrons. The first-order valence-electron chi connectivity index (χ1n) is 8.78. The van der Waals surface area contributed by atoms with Crippen LogP contribution in [0.25, 0.3) is 0 Å². The molecule has 0 saturated carbocycles. The first kappa shape index (κ1) is 16.5. The van der Waals surface area contributed by atoms with Gasteiger partial charge in [-0.25, -0.2) is 0 Å². The fourth-order valence-corrected chi connectivity index (χ4v) is 3.40. The second-order valence-electron chi connectivity index (χ2n) is 6.40. The zero-order valence-electron chi connectivity index (χ0n) is 13.5. The van der Waals surface area contributed by atoms with Gasteiger partial charge in [-0.05, 0) is 36.9 Å². The predicted octanol–water partition coefficient (Wildman–Crippen LogP) is 4.03. The van der Waals surface area contributed by atoms with E-state index < -0.39 is 0 Å². The van der Waals surface area contributed by atoms with Crippen molar-refractivity contribution in [1.29, 1.82) is 0 Å². The number of unbranched alkanes of at least 4 members (excludes halogenated alkanes) is 5. The minimum Gasteiger partial charge on any atom is -0.395 e. The summed E-state index contributed by atoms with van der Waals surface area (Å²) in [5, 5.41) is 12.8. The number of benzene rings is 1. The Morgan fingerprint density at radius 3 is 2.48 bits per heavy atom. The molecule has 0 amide bonds. The Morgan fingerprint density at radius 2 is 1.76 bits per heavy atom.